The van der Waals surface area contributed by atoms with Gasteiger partial charge in [0.05, 0.1) is 0 Å². The van der Waals surface area contributed by atoms with Gasteiger partial charge in [-0.05, 0) is 42.8 Å². The molecule has 0 unspecified atom stereocenters. The summed E-state index contributed by atoms with van der Waals surface area (Å²) in [5, 5.41) is 3.26. The van der Waals surface area contributed by atoms with Gasteiger partial charge < -0.3 is 4.90 Å². The van der Waals surface area contributed by atoms with Crippen molar-refractivity contribution in [3.63, 3.8) is 0 Å². The van der Waals surface area contributed by atoms with Crippen molar-refractivity contribution in [3.8, 4) is 0 Å². The van der Waals surface area contributed by atoms with Gasteiger partial charge in [-0.25, -0.2) is 0 Å². The van der Waals surface area contributed by atoms with Crippen LogP contribution in [0.2, 0.25) is 0 Å². The Morgan fingerprint density at radius 3 is 2.44 bits per heavy atom. The molecule has 1 N–H and O–H groups in total. The molecule has 1 amide bonds. The van der Waals surface area contributed by atoms with Gasteiger partial charge in [-0.2, -0.15) is 0 Å². The van der Waals surface area contributed by atoms with Gasteiger partial charge in [0.25, 0.3) is 0 Å². The van der Waals surface area contributed by atoms with Crippen LogP contribution < -0.4 is 5.32 Å². The topological polar surface area (TPSA) is 32.3 Å². The van der Waals surface area contributed by atoms with Gasteiger partial charge in [0.1, 0.15) is 0 Å². The van der Waals surface area contributed by atoms with Crippen LogP contribution >= 0.6 is 12.2 Å². The second-order valence-electron chi connectivity index (χ2n) is 5.95. The summed E-state index contributed by atoms with van der Waals surface area (Å²) in [5.41, 5.74) is 3.35. The Hall–Kier alpha value is -2.46. The molecule has 0 fully saturated rings. The maximum Gasteiger partial charge on any atom is 0.250 e. The minimum atomic E-state index is -0.209. The molecule has 2 rings (SSSR count). The van der Waals surface area contributed by atoms with Crippen molar-refractivity contribution in [1.29, 1.82) is 0 Å². The molecule has 0 aliphatic rings. The molecule has 0 heterocycles. The van der Waals surface area contributed by atoms with Crippen molar-refractivity contribution in [2.75, 3.05) is 6.54 Å². The second-order valence-corrected chi connectivity index (χ2v) is 6.33. The number of benzene rings is 2. The van der Waals surface area contributed by atoms with Gasteiger partial charge in [-0.15, -0.1) is 0 Å². The Labute approximate surface area is 155 Å². The summed E-state index contributed by atoms with van der Waals surface area (Å²) in [4.78, 5) is 14.2. The van der Waals surface area contributed by atoms with Crippen molar-refractivity contribution < 1.29 is 4.79 Å². The van der Waals surface area contributed by atoms with Crippen LogP contribution in [0.3, 0.4) is 0 Å². The Kier molecular flexibility index (Phi) is 7.36. The highest BCUT2D eigenvalue weighted by atomic mass is 32.1. The first-order valence-electron chi connectivity index (χ1n) is 8.47. The number of thiocarbonyl (C=S) groups is 1. The van der Waals surface area contributed by atoms with Gasteiger partial charge in [0.15, 0.2) is 5.11 Å². The van der Waals surface area contributed by atoms with Crippen molar-refractivity contribution >= 4 is 29.3 Å². The number of nitrogens with one attached hydrogen (secondary N) is 1. The summed E-state index contributed by atoms with van der Waals surface area (Å²) >= 11 is 5.42. The predicted octanol–water partition coefficient (Wildman–Crippen LogP) is 4.32. The largest absolute Gasteiger partial charge is 0.345 e. The zero-order chi connectivity index (χ0) is 18.1. The summed E-state index contributed by atoms with van der Waals surface area (Å²) in [6.07, 6.45) is 4.27. The highest BCUT2D eigenvalue weighted by Crippen LogP contribution is 2.07. The maximum atomic E-state index is 12.1. The highest BCUT2D eigenvalue weighted by Gasteiger charge is 2.11. The van der Waals surface area contributed by atoms with E-state index in [1.54, 1.807) is 6.08 Å². The lowest BCUT2D eigenvalue weighted by Gasteiger charge is -2.24. The van der Waals surface area contributed by atoms with Crippen molar-refractivity contribution in [2.45, 2.75) is 26.8 Å². The van der Waals surface area contributed by atoms with Gasteiger partial charge in [-0.1, -0.05) is 67.1 Å². The van der Waals surface area contributed by atoms with E-state index in [1.807, 2.05) is 54.3 Å². The summed E-state index contributed by atoms with van der Waals surface area (Å²) < 4.78 is 0. The molecule has 2 aromatic rings. The van der Waals surface area contributed by atoms with E-state index in [2.05, 4.69) is 24.4 Å². The monoisotopic (exact) mass is 352 g/mol. The molecular weight excluding hydrogens is 328 g/mol. The fourth-order valence-corrected chi connectivity index (χ4v) is 2.66. The zero-order valence-electron chi connectivity index (χ0n) is 14.7. The average molecular weight is 353 g/mol. The maximum absolute atomic E-state index is 12.1. The number of hydrogen-bond donors (Lipinski definition) is 1. The van der Waals surface area contributed by atoms with E-state index in [4.69, 9.17) is 12.2 Å². The summed E-state index contributed by atoms with van der Waals surface area (Å²) in [6.45, 7) is 5.62. The highest BCUT2D eigenvalue weighted by molar-refractivity contribution is 7.80. The van der Waals surface area contributed by atoms with Crippen LogP contribution in [0.15, 0.2) is 60.7 Å². The van der Waals surface area contributed by atoms with Crippen molar-refractivity contribution in [2.24, 2.45) is 0 Å². The predicted molar refractivity (Wildman–Crippen MR) is 108 cm³/mol. The minimum absolute atomic E-state index is 0.209. The van der Waals surface area contributed by atoms with E-state index in [0.717, 1.165) is 18.5 Å². The smallest absolute Gasteiger partial charge is 0.250 e. The molecule has 2 aromatic carbocycles. The third-order valence-electron chi connectivity index (χ3n) is 3.73. The van der Waals surface area contributed by atoms with Gasteiger partial charge in [0, 0.05) is 19.2 Å². The quantitative estimate of drug-likeness (QED) is 0.621. The zero-order valence-corrected chi connectivity index (χ0v) is 15.6. The number of nitrogens with zero attached hydrogens (tertiary/aromatic N) is 1. The Morgan fingerprint density at radius 1 is 1.12 bits per heavy atom. The average Bonchev–Trinajstić information content (AvgIpc) is 2.62. The minimum Gasteiger partial charge on any atom is -0.345 e. The fraction of sp³-hybridized carbons (Fsp3) is 0.238. The lowest BCUT2D eigenvalue weighted by Crippen LogP contribution is -2.42. The number of carbonyl (C=O) groups is 1. The standard InChI is InChI=1S/C21H24N2OS/c1-3-15-23(16-19-7-5-4-6-8-19)21(25)22-20(24)14-13-18-11-9-17(2)10-12-18/h4-14H,3,15-16H2,1-2H3,(H,22,24,25)/b14-13+. The van der Waals surface area contributed by atoms with Crippen LogP contribution in [0, 0.1) is 6.92 Å². The summed E-state index contributed by atoms with van der Waals surface area (Å²) in [6, 6.07) is 18.1. The van der Waals surface area contributed by atoms with Gasteiger partial charge in [-0.3, -0.25) is 10.1 Å². The fourth-order valence-electron chi connectivity index (χ4n) is 2.40. The number of carbonyl (C=O) groups excluding carboxylic acids is 1. The number of amides is 1. The molecule has 130 valence electrons. The van der Waals surface area contributed by atoms with Gasteiger partial charge in [0.2, 0.25) is 5.91 Å². The van der Waals surface area contributed by atoms with Crippen molar-refractivity contribution in [3.05, 3.63) is 77.4 Å². The molecule has 0 saturated heterocycles. The Morgan fingerprint density at radius 2 is 1.80 bits per heavy atom. The van der Waals surface area contributed by atoms with Crippen molar-refractivity contribution in [1.82, 2.24) is 10.2 Å². The van der Waals surface area contributed by atoms with Crippen LogP contribution in [0.25, 0.3) is 6.08 Å². The van der Waals surface area contributed by atoms with Gasteiger partial charge >= 0.3 is 0 Å². The first-order chi connectivity index (χ1) is 12.1. The molecule has 4 heteroatoms. The van der Waals surface area contributed by atoms with Crippen LogP contribution in [0.1, 0.15) is 30.0 Å². The molecule has 0 atom stereocenters. The number of aryl methyl sites for hydroxylation is 1. The van der Waals surface area contributed by atoms with E-state index < -0.39 is 0 Å². The normalized spacial score (nSPS) is 10.6. The summed E-state index contributed by atoms with van der Waals surface area (Å²) in [5.74, 6) is -0.209. The lowest BCUT2D eigenvalue weighted by molar-refractivity contribution is -0.115. The first kappa shape index (κ1) is 18.9. The molecule has 3 nitrogen and oxygen atoms in total. The molecule has 0 aliphatic carbocycles. The molecular formula is C21H24N2OS. The van der Waals surface area contributed by atoms with E-state index >= 15 is 0 Å². The molecule has 0 aromatic heterocycles. The third kappa shape index (κ3) is 6.51. The van der Waals surface area contributed by atoms with E-state index in [9.17, 15) is 4.79 Å². The molecule has 0 radical (unpaired) electrons. The number of rotatable bonds is 6. The molecule has 25 heavy (non-hydrogen) atoms. The van der Waals surface area contributed by atoms with E-state index in [1.165, 1.54) is 17.2 Å². The Balaban J connectivity index is 1.94. The van der Waals surface area contributed by atoms with Crippen LogP contribution in [0.5, 0.6) is 0 Å². The number of hydrogen-bond acceptors (Lipinski definition) is 2. The molecule has 0 aliphatic heterocycles. The molecule has 0 saturated carbocycles. The third-order valence-corrected chi connectivity index (χ3v) is 4.09. The second kappa shape index (κ2) is 9.74. The lowest BCUT2D eigenvalue weighted by atomic mass is 10.1. The Bertz CT molecular complexity index is 723. The van der Waals surface area contributed by atoms with E-state index in [0.29, 0.717) is 11.7 Å². The SMILES string of the molecule is CCCN(Cc1ccccc1)C(=S)NC(=O)/C=C/c1ccc(C)cc1. The van der Waals surface area contributed by atoms with Crippen LogP contribution in [-0.2, 0) is 11.3 Å². The van der Waals surface area contributed by atoms with Crippen LogP contribution in [0.4, 0.5) is 0 Å². The molecule has 0 spiro atoms. The van der Waals surface area contributed by atoms with E-state index in [-0.39, 0.29) is 5.91 Å². The molecule has 0 bridgehead atoms. The first-order valence-corrected chi connectivity index (χ1v) is 8.88. The summed E-state index contributed by atoms with van der Waals surface area (Å²) in [7, 11) is 0. The van der Waals surface area contributed by atoms with Crippen LogP contribution in [-0.4, -0.2) is 22.5 Å².